The summed E-state index contributed by atoms with van der Waals surface area (Å²) in [5.41, 5.74) is 0.874. The van der Waals surface area contributed by atoms with Crippen LogP contribution in [0.3, 0.4) is 0 Å². The number of piperidine rings is 1. The van der Waals surface area contributed by atoms with Gasteiger partial charge in [-0.1, -0.05) is 13.8 Å². The van der Waals surface area contributed by atoms with Gasteiger partial charge in [0.25, 0.3) is 5.91 Å². The van der Waals surface area contributed by atoms with Crippen molar-refractivity contribution < 1.29 is 9.21 Å². The van der Waals surface area contributed by atoms with Crippen molar-refractivity contribution in [2.24, 2.45) is 5.41 Å². The summed E-state index contributed by atoms with van der Waals surface area (Å²) >= 11 is 0. The van der Waals surface area contributed by atoms with E-state index in [1.807, 2.05) is 13.8 Å². The fourth-order valence-corrected chi connectivity index (χ4v) is 2.77. The van der Waals surface area contributed by atoms with Crippen molar-refractivity contribution in [2.75, 3.05) is 13.1 Å². The van der Waals surface area contributed by atoms with Gasteiger partial charge in [0.05, 0.1) is 5.56 Å². The van der Waals surface area contributed by atoms with Crippen LogP contribution in [0.2, 0.25) is 0 Å². The number of aryl methyl sites for hydroxylation is 2. The summed E-state index contributed by atoms with van der Waals surface area (Å²) < 4.78 is 5.39. The molecule has 1 saturated heterocycles. The third-order valence-corrected chi connectivity index (χ3v) is 4.08. The summed E-state index contributed by atoms with van der Waals surface area (Å²) in [6, 6.07) is 2.13. The lowest BCUT2D eigenvalue weighted by molar-refractivity contribution is 0.0927. The zero-order valence-corrected chi connectivity index (χ0v) is 13.5. The molecule has 0 radical (unpaired) electrons. The van der Waals surface area contributed by atoms with Gasteiger partial charge in [0.1, 0.15) is 11.5 Å². The van der Waals surface area contributed by atoms with Crippen molar-refractivity contribution in [1.82, 2.24) is 10.6 Å². The molecule has 1 aliphatic heterocycles. The molecule has 1 aromatic heterocycles. The number of furan rings is 1. The molecule has 0 spiro atoms. The fourth-order valence-electron chi connectivity index (χ4n) is 2.77. The second kappa shape index (κ2) is 6.64. The molecule has 1 aromatic rings. The number of rotatable bonds is 3. The maximum absolute atomic E-state index is 12.1. The Balaban J connectivity index is 0.00000200. The summed E-state index contributed by atoms with van der Waals surface area (Å²) in [5.74, 6) is 1.42. The highest BCUT2D eigenvalue weighted by molar-refractivity contribution is 5.95. The lowest BCUT2D eigenvalue weighted by atomic mass is 9.77. The van der Waals surface area contributed by atoms with Gasteiger partial charge < -0.3 is 15.1 Å². The first-order valence-electron chi connectivity index (χ1n) is 6.99. The Labute approximate surface area is 127 Å². The first-order chi connectivity index (χ1) is 8.90. The van der Waals surface area contributed by atoms with Crippen molar-refractivity contribution in [3.05, 3.63) is 23.2 Å². The minimum absolute atomic E-state index is 0. The molecule has 1 aliphatic rings. The van der Waals surface area contributed by atoms with Crippen LogP contribution in [0.1, 0.15) is 48.6 Å². The predicted molar refractivity (Wildman–Crippen MR) is 82.6 cm³/mol. The fraction of sp³-hybridized carbons (Fsp3) is 0.667. The van der Waals surface area contributed by atoms with Crippen LogP contribution in [0, 0.1) is 19.3 Å². The van der Waals surface area contributed by atoms with Gasteiger partial charge in [0.2, 0.25) is 0 Å². The van der Waals surface area contributed by atoms with Crippen LogP contribution >= 0.6 is 12.4 Å². The maximum atomic E-state index is 12.1. The molecule has 1 fully saturated rings. The zero-order chi connectivity index (χ0) is 14.0. The SMILES string of the molecule is Cc1cc(C(=O)NCC2NCCCC2(C)C)c(C)o1.Cl. The number of halogens is 1. The average Bonchev–Trinajstić information content (AvgIpc) is 2.66. The molecule has 0 saturated carbocycles. The Morgan fingerprint density at radius 3 is 2.75 bits per heavy atom. The van der Waals surface area contributed by atoms with E-state index in [-0.39, 0.29) is 23.7 Å². The molecular formula is C15H25ClN2O2. The standard InChI is InChI=1S/C15H24N2O2.ClH/c1-10-8-12(11(2)19-10)14(18)17-9-13-15(3,4)6-5-7-16-13;/h8,13,16H,5-7,9H2,1-4H3,(H,17,18);1H. The predicted octanol–water partition coefficient (Wildman–Crippen LogP) is 2.83. The highest BCUT2D eigenvalue weighted by Crippen LogP contribution is 2.29. The molecular weight excluding hydrogens is 276 g/mol. The minimum Gasteiger partial charge on any atom is -0.466 e. The second-order valence-electron chi connectivity index (χ2n) is 6.14. The van der Waals surface area contributed by atoms with Crippen LogP contribution < -0.4 is 10.6 Å². The van der Waals surface area contributed by atoms with E-state index in [0.717, 1.165) is 12.3 Å². The Bertz CT molecular complexity index is 468. The number of hydrogen-bond donors (Lipinski definition) is 2. The van der Waals surface area contributed by atoms with Crippen LogP contribution in [-0.4, -0.2) is 25.0 Å². The summed E-state index contributed by atoms with van der Waals surface area (Å²) in [6.07, 6.45) is 2.40. The number of carbonyl (C=O) groups is 1. The van der Waals surface area contributed by atoms with Crippen molar-refractivity contribution >= 4 is 18.3 Å². The van der Waals surface area contributed by atoms with E-state index in [9.17, 15) is 4.79 Å². The molecule has 114 valence electrons. The Hall–Kier alpha value is -1.000. The molecule has 4 nitrogen and oxygen atoms in total. The average molecular weight is 301 g/mol. The first kappa shape index (κ1) is 17.1. The van der Waals surface area contributed by atoms with E-state index in [2.05, 4.69) is 24.5 Å². The minimum atomic E-state index is -0.0440. The van der Waals surface area contributed by atoms with Crippen molar-refractivity contribution in [3.63, 3.8) is 0 Å². The van der Waals surface area contributed by atoms with Crippen LogP contribution in [-0.2, 0) is 0 Å². The van der Waals surface area contributed by atoms with Crippen LogP contribution in [0.25, 0.3) is 0 Å². The third-order valence-electron chi connectivity index (χ3n) is 4.08. The van der Waals surface area contributed by atoms with Gasteiger partial charge >= 0.3 is 0 Å². The quantitative estimate of drug-likeness (QED) is 0.902. The molecule has 20 heavy (non-hydrogen) atoms. The van der Waals surface area contributed by atoms with Gasteiger partial charge in [0.15, 0.2) is 0 Å². The van der Waals surface area contributed by atoms with Crippen molar-refractivity contribution in [3.8, 4) is 0 Å². The summed E-state index contributed by atoms with van der Waals surface area (Å²) in [5, 5.41) is 6.51. The summed E-state index contributed by atoms with van der Waals surface area (Å²) in [7, 11) is 0. The van der Waals surface area contributed by atoms with Crippen LogP contribution in [0.15, 0.2) is 10.5 Å². The van der Waals surface area contributed by atoms with Gasteiger partial charge in [-0.25, -0.2) is 0 Å². The van der Waals surface area contributed by atoms with E-state index in [1.165, 1.54) is 12.8 Å². The van der Waals surface area contributed by atoms with E-state index >= 15 is 0 Å². The van der Waals surface area contributed by atoms with E-state index < -0.39 is 0 Å². The second-order valence-corrected chi connectivity index (χ2v) is 6.14. The van der Waals surface area contributed by atoms with Gasteiger partial charge in [-0.3, -0.25) is 4.79 Å². The Morgan fingerprint density at radius 1 is 1.50 bits per heavy atom. The molecule has 2 rings (SSSR count). The Kier molecular flexibility index (Phi) is 5.66. The van der Waals surface area contributed by atoms with Crippen LogP contribution in [0.4, 0.5) is 0 Å². The smallest absolute Gasteiger partial charge is 0.254 e. The molecule has 0 aromatic carbocycles. The highest BCUT2D eigenvalue weighted by atomic mass is 35.5. The molecule has 1 atom stereocenters. The topological polar surface area (TPSA) is 54.3 Å². The number of nitrogens with one attached hydrogen (secondary N) is 2. The molecule has 0 bridgehead atoms. The van der Waals surface area contributed by atoms with Crippen molar-refractivity contribution in [1.29, 1.82) is 0 Å². The van der Waals surface area contributed by atoms with Gasteiger partial charge in [0, 0.05) is 12.6 Å². The monoisotopic (exact) mass is 300 g/mol. The molecule has 0 aliphatic carbocycles. The van der Waals surface area contributed by atoms with Gasteiger partial charge in [-0.15, -0.1) is 12.4 Å². The zero-order valence-electron chi connectivity index (χ0n) is 12.7. The first-order valence-corrected chi connectivity index (χ1v) is 6.99. The molecule has 5 heteroatoms. The highest BCUT2D eigenvalue weighted by Gasteiger charge is 2.32. The van der Waals surface area contributed by atoms with E-state index in [0.29, 0.717) is 23.9 Å². The molecule has 2 heterocycles. The number of hydrogen-bond acceptors (Lipinski definition) is 3. The van der Waals surface area contributed by atoms with Crippen molar-refractivity contribution in [2.45, 2.75) is 46.6 Å². The lowest BCUT2D eigenvalue weighted by Crippen LogP contribution is -2.52. The lowest BCUT2D eigenvalue weighted by Gasteiger charge is -2.39. The number of amides is 1. The summed E-state index contributed by atoms with van der Waals surface area (Å²) in [6.45, 7) is 9.88. The van der Waals surface area contributed by atoms with Crippen LogP contribution in [0.5, 0.6) is 0 Å². The molecule has 1 unspecified atom stereocenters. The number of carbonyl (C=O) groups excluding carboxylic acids is 1. The van der Waals surface area contributed by atoms with E-state index in [1.54, 1.807) is 6.07 Å². The molecule has 2 N–H and O–H groups in total. The summed E-state index contributed by atoms with van der Waals surface area (Å²) in [4.78, 5) is 12.1. The van der Waals surface area contributed by atoms with Gasteiger partial charge in [-0.2, -0.15) is 0 Å². The normalized spacial score (nSPS) is 21.1. The largest absolute Gasteiger partial charge is 0.466 e. The maximum Gasteiger partial charge on any atom is 0.254 e. The van der Waals surface area contributed by atoms with E-state index in [4.69, 9.17) is 4.42 Å². The third kappa shape index (κ3) is 3.76. The molecule has 1 amide bonds. The Morgan fingerprint density at radius 2 is 2.20 bits per heavy atom. The van der Waals surface area contributed by atoms with Gasteiger partial charge in [-0.05, 0) is 44.7 Å².